The molecule has 0 fully saturated rings. The number of thiocarbonyl (C=S) groups is 1. The van der Waals surface area contributed by atoms with E-state index in [0.717, 1.165) is 11.8 Å². The second-order valence-electron chi connectivity index (χ2n) is 0.966. The molecule has 0 N–H and O–H groups in total. The van der Waals surface area contributed by atoms with Crippen molar-refractivity contribution >= 4 is 33.3 Å². The van der Waals surface area contributed by atoms with E-state index in [0.29, 0.717) is 4.20 Å². The van der Waals surface area contributed by atoms with Crippen molar-refractivity contribution in [1.29, 1.82) is 0 Å². The van der Waals surface area contributed by atoms with Crippen molar-refractivity contribution in [1.82, 2.24) is 0 Å². The summed E-state index contributed by atoms with van der Waals surface area (Å²) < 4.78 is 7.13. The van der Waals surface area contributed by atoms with E-state index >= 15 is 0 Å². The fraction of sp³-hybridized carbons (Fsp3) is 0.500. The van der Waals surface area contributed by atoms with Gasteiger partial charge in [0.05, 0.1) is 4.20 Å². The fourth-order valence-electron chi connectivity index (χ4n) is 0.160. The van der Waals surface area contributed by atoms with Crippen molar-refractivity contribution in [3.8, 4) is 0 Å². The molecule has 0 aliphatic heterocycles. The van der Waals surface area contributed by atoms with Crippen LogP contribution in [0, 0.1) is 0 Å². The first kappa shape index (κ1) is 9.75. The molecule has 8 heavy (non-hydrogen) atoms. The molecule has 0 heterocycles. The average molecular weight is 175 g/mol. The van der Waals surface area contributed by atoms with Gasteiger partial charge in [0, 0.05) is 8.29 Å². The van der Waals surface area contributed by atoms with Crippen molar-refractivity contribution in [3.63, 3.8) is 0 Å². The first-order valence-corrected chi connectivity index (χ1v) is 2.89. The van der Waals surface area contributed by atoms with E-state index in [-0.39, 0.29) is 64.8 Å². The molecule has 0 spiro atoms. The van der Waals surface area contributed by atoms with E-state index < -0.39 is 0 Å². The first-order chi connectivity index (χ1) is 3.66. The fourth-order valence-corrected chi connectivity index (χ4v) is 0.833. The molecule has 1 nitrogen and oxygen atoms in total. The molecule has 0 atom stereocenters. The zero-order valence-corrected chi connectivity index (χ0v) is 9.69. The number of carbonyl (C=O) groups is 1. The summed E-state index contributed by atoms with van der Waals surface area (Å²) >= 11 is 5.55. The van der Waals surface area contributed by atoms with Crippen LogP contribution in [0.4, 0.5) is 0 Å². The molecule has 4 heteroatoms. The maximum absolute atomic E-state index is 10.2. The Morgan fingerprint density at radius 3 is 2.62 bits per heavy atom. The van der Waals surface area contributed by atoms with E-state index in [9.17, 15) is 4.79 Å². The molecular weight excluding hydrogens is 167 g/mol. The van der Waals surface area contributed by atoms with Crippen molar-refractivity contribution in [2.45, 2.75) is 13.8 Å². The summed E-state index contributed by atoms with van der Waals surface area (Å²) in [6.45, 7) is 1.49. The summed E-state index contributed by atoms with van der Waals surface area (Å²) in [5.41, 5.74) is 0. The first-order valence-electron chi connectivity index (χ1n) is 2.38. The van der Waals surface area contributed by atoms with Gasteiger partial charge < -0.3 is 1.43 Å². The van der Waals surface area contributed by atoms with Crippen LogP contribution in [0.3, 0.4) is 0 Å². The maximum Gasteiger partial charge on any atom is 1.00 e. The normalized spacial score (nSPS) is 8.88. The molecule has 42 valence electrons. The Balaban J connectivity index is -0.000000245. The van der Waals surface area contributed by atoms with Gasteiger partial charge in [-0.2, -0.15) is 0 Å². The third-order valence-electron chi connectivity index (χ3n) is 0.258. The van der Waals surface area contributed by atoms with Crippen LogP contribution in [0.5, 0.6) is 0 Å². The second kappa shape index (κ2) is 6.86. The Kier molecular flexibility index (Phi) is 8.36. The van der Waals surface area contributed by atoms with Crippen LogP contribution in [0.2, 0.25) is 0 Å². The summed E-state index contributed by atoms with van der Waals surface area (Å²) in [5.74, 6) is 0. The van der Waals surface area contributed by atoms with Crippen LogP contribution in [0.25, 0.3) is 0 Å². The van der Waals surface area contributed by atoms with E-state index in [1.54, 1.807) is 0 Å². The van der Waals surface area contributed by atoms with Gasteiger partial charge in [-0.15, -0.1) is 0 Å². The van der Waals surface area contributed by atoms with Crippen LogP contribution >= 0.6 is 24.0 Å². The van der Waals surface area contributed by atoms with Gasteiger partial charge in [-0.1, -0.05) is 12.2 Å². The smallest absolute Gasteiger partial charge is 1.00 e. The van der Waals surface area contributed by atoms with Crippen molar-refractivity contribution in [3.05, 3.63) is 0 Å². The average Bonchev–Trinajstić information content (AvgIpc) is 1.65. The molecule has 0 bridgehead atoms. The Bertz CT molecular complexity index is 120. The summed E-state index contributed by atoms with van der Waals surface area (Å²) in [7, 11) is 0. The molecule has 0 radical (unpaired) electrons. The predicted molar refractivity (Wildman–Crippen MR) is 37.7 cm³/mol. The molecule has 0 aliphatic carbocycles. The van der Waals surface area contributed by atoms with Crippen molar-refractivity contribution in [2.75, 3.05) is 0 Å². The van der Waals surface area contributed by atoms with E-state index in [2.05, 4.69) is 12.2 Å². The minimum Gasteiger partial charge on any atom is -1.00 e. The van der Waals surface area contributed by atoms with Gasteiger partial charge >= 0.3 is 51.4 Å². The minimum absolute atomic E-state index is 0. The number of rotatable bonds is 0. The summed E-state index contributed by atoms with van der Waals surface area (Å²) in [6, 6.07) is 0. The molecular formula is C4H7KOS2. The standard InChI is InChI=1S/C4H6OS2.K.H/c1-3(5)7-4(2)6;;/h1-2H3;;/q;+1;-1/i2D;;. The number of thioether (sulfide) groups is 1. The zero-order valence-electron chi connectivity index (χ0n) is 6.93. The quantitative estimate of drug-likeness (QED) is 0.338. The van der Waals surface area contributed by atoms with Crippen molar-refractivity contribution < 1.29 is 59.0 Å². The van der Waals surface area contributed by atoms with Gasteiger partial charge in [0.2, 0.25) is 0 Å². The molecule has 0 saturated heterocycles. The Morgan fingerprint density at radius 1 is 2.00 bits per heavy atom. The van der Waals surface area contributed by atoms with Gasteiger partial charge in [-0.3, -0.25) is 4.79 Å². The Morgan fingerprint density at radius 2 is 2.50 bits per heavy atom. The second-order valence-corrected chi connectivity index (χ2v) is 2.99. The van der Waals surface area contributed by atoms with Crippen LogP contribution in [-0.4, -0.2) is 9.31 Å². The molecule has 0 aromatic heterocycles. The summed E-state index contributed by atoms with van der Waals surface area (Å²) in [5, 5.41) is -0.0396. The van der Waals surface area contributed by atoms with E-state index in [1.807, 2.05) is 0 Å². The molecule has 0 saturated carbocycles. The van der Waals surface area contributed by atoms with Gasteiger partial charge in [0.1, 0.15) is 0 Å². The summed E-state index contributed by atoms with van der Waals surface area (Å²) in [6.07, 6.45) is 0. The minimum atomic E-state index is -0.0396. The van der Waals surface area contributed by atoms with Gasteiger partial charge in [-0.05, 0) is 18.7 Å². The zero-order chi connectivity index (χ0) is 6.57. The third kappa shape index (κ3) is 10.7. The Labute approximate surface area is 104 Å². The van der Waals surface area contributed by atoms with Gasteiger partial charge in [-0.25, -0.2) is 0 Å². The van der Waals surface area contributed by atoms with E-state index in [4.69, 9.17) is 1.37 Å². The van der Waals surface area contributed by atoms with E-state index in [1.165, 1.54) is 6.92 Å². The number of hydrogen-bond acceptors (Lipinski definition) is 3. The molecule has 0 aromatic rings. The third-order valence-corrected chi connectivity index (χ3v) is 1.02. The van der Waals surface area contributed by atoms with Crippen LogP contribution in [0.15, 0.2) is 0 Å². The molecule has 0 unspecified atom stereocenters. The van der Waals surface area contributed by atoms with Gasteiger partial charge in [0.15, 0.2) is 5.12 Å². The molecule has 0 amide bonds. The van der Waals surface area contributed by atoms with Crippen molar-refractivity contribution in [2.24, 2.45) is 0 Å². The van der Waals surface area contributed by atoms with Crippen LogP contribution in [-0.2, 0) is 4.79 Å². The van der Waals surface area contributed by atoms with Crippen LogP contribution in [0.1, 0.15) is 16.6 Å². The number of carbonyl (C=O) groups excluding carboxylic acids is 1. The molecule has 0 aromatic carbocycles. The van der Waals surface area contributed by atoms with Crippen LogP contribution < -0.4 is 51.4 Å². The largest absolute Gasteiger partial charge is 1.00 e. The maximum atomic E-state index is 10.2. The molecule has 0 aliphatic rings. The monoisotopic (exact) mass is 175 g/mol. The van der Waals surface area contributed by atoms with Gasteiger partial charge in [0.25, 0.3) is 0 Å². The summed E-state index contributed by atoms with van der Waals surface area (Å²) in [4.78, 5) is 10.2. The molecule has 0 rings (SSSR count). The SMILES string of the molecule is [2H]CC(=S)SC(C)=O.[H-].[K+]. The predicted octanol–water partition coefficient (Wildman–Crippen LogP) is -1.27. The number of hydrogen-bond donors (Lipinski definition) is 0. The topological polar surface area (TPSA) is 17.1 Å². The Hall–Kier alpha value is 1.75.